The molecule has 0 saturated carbocycles. The molecule has 5 rings (SSSR count). The van der Waals surface area contributed by atoms with E-state index in [0.717, 1.165) is 22.8 Å². The number of nitro groups is 1. The fourth-order valence-electron chi connectivity index (χ4n) is 4.57. The highest BCUT2D eigenvalue weighted by Gasteiger charge is 2.42. The van der Waals surface area contributed by atoms with Crippen LogP contribution in [-0.2, 0) is 4.79 Å². The molecule has 9 nitrogen and oxygen atoms in total. The molecule has 1 fully saturated rings. The van der Waals surface area contributed by atoms with E-state index in [4.69, 9.17) is 23.8 Å². The summed E-state index contributed by atoms with van der Waals surface area (Å²) in [6.45, 7) is 3.63. The standard InChI is InChI=1S/C28H25ClN6O3S/c1-17(2)27(36)31-22-13-12-20(16-21(22)29)34-26(25(32-28(34)39)23-6-3-4-14-30-23)24-7-5-15-33(24)18-8-10-19(11-9-18)35(37)38/h3-17,25-26H,1-2H3,(H,31,36)(H,32,39)/t25-,26+/m1/s1. The first-order chi connectivity index (χ1) is 18.7. The van der Waals surface area contributed by atoms with E-state index in [9.17, 15) is 14.9 Å². The molecule has 0 spiro atoms. The zero-order valence-corrected chi connectivity index (χ0v) is 22.7. The maximum atomic E-state index is 12.2. The van der Waals surface area contributed by atoms with Gasteiger partial charge in [0.2, 0.25) is 5.91 Å². The third-order valence-corrected chi connectivity index (χ3v) is 7.16. The molecule has 1 aliphatic heterocycles. The molecule has 1 saturated heterocycles. The van der Waals surface area contributed by atoms with E-state index >= 15 is 0 Å². The Hall–Kier alpha value is -4.28. The van der Waals surface area contributed by atoms with Crippen LogP contribution in [0.15, 0.2) is 85.2 Å². The number of non-ortho nitro benzene ring substituents is 1. The van der Waals surface area contributed by atoms with Crippen molar-refractivity contribution in [1.29, 1.82) is 0 Å². The maximum Gasteiger partial charge on any atom is 0.269 e. The molecule has 2 aromatic carbocycles. The Morgan fingerprint density at radius 1 is 1.10 bits per heavy atom. The number of aromatic nitrogens is 2. The van der Waals surface area contributed by atoms with Crippen molar-refractivity contribution in [2.75, 3.05) is 10.2 Å². The van der Waals surface area contributed by atoms with Gasteiger partial charge in [0.25, 0.3) is 5.69 Å². The average molecular weight is 561 g/mol. The van der Waals surface area contributed by atoms with Crippen LogP contribution in [0.4, 0.5) is 17.1 Å². The Kier molecular flexibility index (Phi) is 7.32. The largest absolute Gasteiger partial charge is 0.351 e. The fourth-order valence-corrected chi connectivity index (χ4v) is 5.14. The SMILES string of the molecule is CC(C)C(=O)Nc1ccc(N2C(=S)N[C@H](c3ccccn3)[C@@H]2c2cccn2-c2ccc([N+](=O)[O-])cc2)cc1Cl. The first kappa shape index (κ1) is 26.3. The molecular formula is C28H25ClN6O3S. The van der Waals surface area contributed by atoms with E-state index < -0.39 is 4.92 Å². The Morgan fingerprint density at radius 2 is 1.85 bits per heavy atom. The van der Waals surface area contributed by atoms with Gasteiger partial charge < -0.3 is 20.1 Å². The zero-order valence-electron chi connectivity index (χ0n) is 21.1. The second kappa shape index (κ2) is 10.8. The first-order valence-electron chi connectivity index (χ1n) is 12.3. The number of nitrogens with zero attached hydrogens (tertiary/aromatic N) is 4. The topological polar surface area (TPSA) is 105 Å². The number of rotatable bonds is 7. The summed E-state index contributed by atoms with van der Waals surface area (Å²) in [6, 6.07) is 20.8. The number of amides is 1. The average Bonchev–Trinajstić information content (AvgIpc) is 3.54. The molecule has 2 aromatic heterocycles. The first-order valence-corrected chi connectivity index (χ1v) is 13.1. The van der Waals surface area contributed by atoms with Gasteiger partial charge in [-0.1, -0.05) is 31.5 Å². The summed E-state index contributed by atoms with van der Waals surface area (Å²) in [5.74, 6) is -0.316. The van der Waals surface area contributed by atoms with Crippen LogP contribution in [0.2, 0.25) is 5.02 Å². The molecule has 198 valence electrons. The van der Waals surface area contributed by atoms with Crippen molar-refractivity contribution in [2.45, 2.75) is 25.9 Å². The van der Waals surface area contributed by atoms with Crippen molar-refractivity contribution in [3.63, 3.8) is 0 Å². The van der Waals surface area contributed by atoms with Gasteiger partial charge in [-0.05, 0) is 66.8 Å². The molecule has 1 amide bonds. The summed E-state index contributed by atoms with van der Waals surface area (Å²) in [6.07, 6.45) is 3.64. The van der Waals surface area contributed by atoms with Crippen LogP contribution >= 0.6 is 23.8 Å². The molecule has 11 heteroatoms. The molecule has 0 radical (unpaired) electrons. The van der Waals surface area contributed by atoms with E-state index in [1.807, 2.05) is 65.9 Å². The smallest absolute Gasteiger partial charge is 0.269 e. The molecule has 3 heterocycles. The van der Waals surface area contributed by atoms with Crippen molar-refractivity contribution in [2.24, 2.45) is 5.92 Å². The number of pyridine rings is 1. The quantitative estimate of drug-likeness (QED) is 0.157. The number of hydrogen-bond acceptors (Lipinski definition) is 5. The van der Waals surface area contributed by atoms with Gasteiger partial charge in [-0.25, -0.2) is 0 Å². The Labute approximate surface area is 235 Å². The molecule has 0 aliphatic carbocycles. The number of nitrogens with one attached hydrogen (secondary N) is 2. The highest BCUT2D eigenvalue weighted by atomic mass is 35.5. The van der Waals surface area contributed by atoms with Crippen LogP contribution in [0.5, 0.6) is 0 Å². The molecule has 1 aliphatic rings. The highest BCUT2D eigenvalue weighted by Crippen LogP contribution is 2.43. The second-order valence-electron chi connectivity index (χ2n) is 9.38. The number of carbonyl (C=O) groups excluding carboxylic acids is 1. The molecular weight excluding hydrogens is 536 g/mol. The molecule has 4 aromatic rings. The minimum Gasteiger partial charge on any atom is -0.351 e. The van der Waals surface area contributed by atoms with E-state index in [0.29, 0.717) is 15.8 Å². The van der Waals surface area contributed by atoms with E-state index in [-0.39, 0.29) is 29.6 Å². The summed E-state index contributed by atoms with van der Waals surface area (Å²) in [5.41, 5.74) is 3.73. The molecule has 2 atom stereocenters. The van der Waals surface area contributed by atoms with Gasteiger partial charge in [0.05, 0.1) is 27.4 Å². The van der Waals surface area contributed by atoms with Gasteiger partial charge >= 0.3 is 0 Å². The van der Waals surface area contributed by atoms with Gasteiger partial charge in [0.1, 0.15) is 6.04 Å². The number of carbonyl (C=O) groups is 1. The molecule has 2 N–H and O–H groups in total. The maximum absolute atomic E-state index is 12.2. The van der Waals surface area contributed by atoms with Gasteiger partial charge in [-0.3, -0.25) is 19.9 Å². The van der Waals surface area contributed by atoms with Crippen LogP contribution in [-0.4, -0.2) is 25.5 Å². The van der Waals surface area contributed by atoms with Gasteiger partial charge in [-0.2, -0.15) is 0 Å². The lowest BCUT2D eigenvalue weighted by Gasteiger charge is -2.29. The molecule has 0 bridgehead atoms. The van der Waals surface area contributed by atoms with Gasteiger partial charge in [0.15, 0.2) is 5.11 Å². The third kappa shape index (κ3) is 5.21. The van der Waals surface area contributed by atoms with Crippen molar-refractivity contribution >= 4 is 51.9 Å². The van der Waals surface area contributed by atoms with Crippen LogP contribution in [0.3, 0.4) is 0 Å². The summed E-state index contributed by atoms with van der Waals surface area (Å²) < 4.78 is 1.98. The normalized spacial score (nSPS) is 16.8. The lowest BCUT2D eigenvalue weighted by molar-refractivity contribution is -0.384. The number of benzene rings is 2. The Morgan fingerprint density at radius 3 is 2.49 bits per heavy atom. The van der Waals surface area contributed by atoms with Gasteiger partial charge in [-0.15, -0.1) is 0 Å². The summed E-state index contributed by atoms with van der Waals surface area (Å²) >= 11 is 12.4. The van der Waals surface area contributed by atoms with Crippen LogP contribution < -0.4 is 15.5 Å². The van der Waals surface area contributed by atoms with E-state index in [2.05, 4.69) is 15.6 Å². The van der Waals surface area contributed by atoms with E-state index in [1.54, 1.807) is 30.5 Å². The minimum atomic E-state index is -0.421. The number of nitro benzene ring substituents is 1. The van der Waals surface area contributed by atoms with Crippen LogP contribution in [0.25, 0.3) is 5.69 Å². The predicted octanol–water partition coefficient (Wildman–Crippen LogP) is 6.21. The number of halogens is 1. The predicted molar refractivity (Wildman–Crippen MR) is 155 cm³/mol. The van der Waals surface area contributed by atoms with E-state index in [1.165, 1.54) is 12.1 Å². The van der Waals surface area contributed by atoms with Crippen molar-refractivity contribution < 1.29 is 9.72 Å². The third-order valence-electron chi connectivity index (χ3n) is 6.53. The van der Waals surface area contributed by atoms with Crippen LogP contribution in [0, 0.1) is 16.0 Å². The summed E-state index contributed by atoms with van der Waals surface area (Å²) in [7, 11) is 0. The highest BCUT2D eigenvalue weighted by molar-refractivity contribution is 7.80. The number of hydrogen-bond donors (Lipinski definition) is 2. The molecule has 0 unspecified atom stereocenters. The number of thiocarbonyl (C=S) groups is 1. The lowest BCUT2D eigenvalue weighted by Crippen LogP contribution is -2.30. The lowest BCUT2D eigenvalue weighted by atomic mass is 10.0. The van der Waals surface area contributed by atoms with Gasteiger partial charge in [0, 0.05) is 47.5 Å². The zero-order chi connectivity index (χ0) is 27.7. The summed E-state index contributed by atoms with van der Waals surface area (Å²) in [4.78, 5) is 29.6. The number of anilines is 2. The van der Waals surface area contributed by atoms with Crippen molar-refractivity contribution in [3.8, 4) is 5.69 Å². The summed E-state index contributed by atoms with van der Waals surface area (Å²) in [5, 5.41) is 18.3. The Balaban J connectivity index is 1.59. The molecule has 39 heavy (non-hydrogen) atoms. The van der Waals surface area contributed by atoms with Crippen molar-refractivity contribution in [1.82, 2.24) is 14.9 Å². The fraction of sp³-hybridized carbons (Fsp3) is 0.179. The second-order valence-corrected chi connectivity index (χ2v) is 10.2. The Bertz CT molecular complexity index is 1540. The van der Waals surface area contributed by atoms with Crippen LogP contribution in [0.1, 0.15) is 37.3 Å². The monoisotopic (exact) mass is 560 g/mol. The van der Waals surface area contributed by atoms with Crippen molar-refractivity contribution in [3.05, 3.63) is 112 Å². The minimum absolute atomic E-state index is 0.0171.